The molecule has 0 aliphatic rings. The standard InChI is InChI=1S/C15H15NO2/c1-11-7-9-12(10-8-11)15(16-17)13-5-3-4-6-14(13)18-2/h3-10,17H,1-2H3. The molecule has 2 rings (SSSR count). The topological polar surface area (TPSA) is 41.8 Å². The van der Waals surface area contributed by atoms with Crippen LogP contribution in [0.3, 0.4) is 0 Å². The maximum absolute atomic E-state index is 9.25. The third-order valence-electron chi connectivity index (χ3n) is 2.79. The van der Waals surface area contributed by atoms with Gasteiger partial charge in [0.25, 0.3) is 0 Å². The molecule has 92 valence electrons. The van der Waals surface area contributed by atoms with Crippen molar-refractivity contribution in [1.29, 1.82) is 0 Å². The van der Waals surface area contributed by atoms with E-state index < -0.39 is 0 Å². The van der Waals surface area contributed by atoms with Crippen LogP contribution in [0.4, 0.5) is 0 Å². The summed E-state index contributed by atoms with van der Waals surface area (Å²) in [7, 11) is 1.60. The molecular formula is C15H15NO2. The monoisotopic (exact) mass is 241 g/mol. The van der Waals surface area contributed by atoms with Crippen molar-refractivity contribution in [2.24, 2.45) is 5.16 Å². The zero-order valence-corrected chi connectivity index (χ0v) is 10.4. The Morgan fingerprint density at radius 3 is 2.33 bits per heavy atom. The van der Waals surface area contributed by atoms with E-state index in [1.165, 1.54) is 0 Å². The number of methoxy groups -OCH3 is 1. The maximum Gasteiger partial charge on any atom is 0.128 e. The van der Waals surface area contributed by atoms with Gasteiger partial charge >= 0.3 is 0 Å². The van der Waals surface area contributed by atoms with Crippen LogP contribution in [0, 0.1) is 6.92 Å². The van der Waals surface area contributed by atoms with E-state index in [1.807, 2.05) is 55.5 Å². The van der Waals surface area contributed by atoms with Crippen LogP contribution in [-0.4, -0.2) is 18.0 Å². The van der Waals surface area contributed by atoms with Gasteiger partial charge in [0, 0.05) is 11.1 Å². The first-order chi connectivity index (χ1) is 8.76. The molecule has 1 N–H and O–H groups in total. The van der Waals surface area contributed by atoms with Gasteiger partial charge in [0.15, 0.2) is 0 Å². The van der Waals surface area contributed by atoms with Crippen molar-refractivity contribution < 1.29 is 9.94 Å². The van der Waals surface area contributed by atoms with Crippen molar-refractivity contribution in [3.05, 3.63) is 65.2 Å². The van der Waals surface area contributed by atoms with Crippen molar-refractivity contribution in [2.75, 3.05) is 7.11 Å². The van der Waals surface area contributed by atoms with Gasteiger partial charge in [-0.2, -0.15) is 0 Å². The van der Waals surface area contributed by atoms with Gasteiger partial charge in [0.05, 0.1) is 7.11 Å². The Morgan fingerprint density at radius 1 is 1.06 bits per heavy atom. The number of aryl methyl sites for hydroxylation is 1. The molecule has 0 saturated carbocycles. The van der Waals surface area contributed by atoms with Gasteiger partial charge in [-0.1, -0.05) is 47.1 Å². The van der Waals surface area contributed by atoms with Crippen LogP contribution in [0.2, 0.25) is 0 Å². The average Bonchev–Trinajstić information content (AvgIpc) is 2.42. The molecule has 0 saturated heterocycles. The normalized spacial score (nSPS) is 11.3. The van der Waals surface area contributed by atoms with E-state index in [0.717, 1.165) is 16.7 Å². The molecule has 3 nitrogen and oxygen atoms in total. The minimum Gasteiger partial charge on any atom is -0.496 e. The highest BCUT2D eigenvalue weighted by Gasteiger charge is 2.12. The van der Waals surface area contributed by atoms with Crippen molar-refractivity contribution in [2.45, 2.75) is 6.92 Å². The molecule has 3 heteroatoms. The summed E-state index contributed by atoms with van der Waals surface area (Å²) >= 11 is 0. The minimum absolute atomic E-state index is 0.507. The number of benzene rings is 2. The highest BCUT2D eigenvalue weighted by atomic mass is 16.5. The van der Waals surface area contributed by atoms with Crippen molar-refractivity contribution >= 4 is 5.71 Å². The van der Waals surface area contributed by atoms with Gasteiger partial charge in [0.1, 0.15) is 11.5 Å². The fourth-order valence-corrected chi connectivity index (χ4v) is 1.82. The lowest BCUT2D eigenvalue weighted by molar-refractivity contribution is 0.319. The number of hydrogen-bond donors (Lipinski definition) is 1. The molecule has 0 aliphatic heterocycles. The summed E-state index contributed by atoms with van der Waals surface area (Å²) in [6.07, 6.45) is 0. The van der Waals surface area contributed by atoms with Crippen LogP contribution in [0.25, 0.3) is 0 Å². The third-order valence-corrected chi connectivity index (χ3v) is 2.79. The number of hydrogen-bond acceptors (Lipinski definition) is 3. The van der Waals surface area contributed by atoms with E-state index in [4.69, 9.17) is 4.74 Å². The summed E-state index contributed by atoms with van der Waals surface area (Å²) in [5, 5.41) is 12.7. The second-order valence-electron chi connectivity index (χ2n) is 4.01. The SMILES string of the molecule is COc1ccccc1C(=NO)c1ccc(C)cc1. The average molecular weight is 241 g/mol. The first-order valence-corrected chi connectivity index (χ1v) is 5.68. The first kappa shape index (κ1) is 12.2. The Morgan fingerprint density at radius 2 is 1.72 bits per heavy atom. The van der Waals surface area contributed by atoms with Crippen LogP contribution in [0.1, 0.15) is 16.7 Å². The molecule has 18 heavy (non-hydrogen) atoms. The van der Waals surface area contributed by atoms with Crippen molar-refractivity contribution in [1.82, 2.24) is 0 Å². The van der Waals surface area contributed by atoms with Gasteiger partial charge < -0.3 is 9.94 Å². The molecule has 0 fully saturated rings. The fourth-order valence-electron chi connectivity index (χ4n) is 1.82. The lowest BCUT2D eigenvalue weighted by Crippen LogP contribution is -2.05. The van der Waals surface area contributed by atoms with E-state index in [2.05, 4.69) is 5.16 Å². The molecule has 0 amide bonds. The fraction of sp³-hybridized carbons (Fsp3) is 0.133. The lowest BCUT2D eigenvalue weighted by atomic mass is 10.0. The van der Waals surface area contributed by atoms with Crippen molar-refractivity contribution in [3.63, 3.8) is 0 Å². The summed E-state index contributed by atoms with van der Waals surface area (Å²) in [6.45, 7) is 2.02. The van der Waals surface area contributed by atoms with E-state index >= 15 is 0 Å². The first-order valence-electron chi connectivity index (χ1n) is 5.68. The number of rotatable bonds is 3. The summed E-state index contributed by atoms with van der Waals surface area (Å²) < 4.78 is 5.28. The molecular weight excluding hydrogens is 226 g/mol. The molecule has 0 bridgehead atoms. The van der Waals surface area contributed by atoms with Gasteiger partial charge in [-0.3, -0.25) is 0 Å². The Labute approximate surface area is 106 Å². The Balaban J connectivity index is 2.49. The predicted molar refractivity (Wildman–Crippen MR) is 71.6 cm³/mol. The lowest BCUT2D eigenvalue weighted by Gasteiger charge is -2.10. The zero-order valence-electron chi connectivity index (χ0n) is 10.4. The molecule has 0 unspecified atom stereocenters. The van der Waals surface area contributed by atoms with Crippen LogP contribution in [-0.2, 0) is 0 Å². The summed E-state index contributed by atoms with van der Waals surface area (Å²) in [4.78, 5) is 0. The Bertz CT molecular complexity index is 559. The minimum atomic E-state index is 0.507. The molecule has 0 aliphatic carbocycles. The molecule has 0 atom stereocenters. The second kappa shape index (κ2) is 5.36. The predicted octanol–water partition coefficient (Wildman–Crippen LogP) is 3.23. The smallest absolute Gasteiger partial charge is 0.128 e. The molecule has 0 heterocycles. The highest BCUT2D eigenvalue weighted by molar-refractivity contribution is 6.14. The third kappa shape index (κ3) is 2.35. The van der Waals surface area contributed by atoms with Gasteiger partial charge in [-0.25, -0.2) is 0 Å². The molecule has 2 aromatic carbocycles. The van der Waals surface area contributed by atoms with Crippen LogP contribution in [0.15, 0.2) is 53.7 Å². The van der Waals surface area contributed by atoms with Crippen LogP contribution >= 0.6 is 0 Å². The van der Waals surface area contributed by atoms with Gasteiger partial charge in [-0.05, 0) is 19.1 Å². The van der Waals surface area contributed by atoms with Crippen LogP contribution in [0.5, 0.6) is 5.75 Å². The number of oxime groups is 1. The summed E-state index contributed by atoms with van der Waals surface area (Å²) in [6, 6.07) is 15.3. The Kier molecular flexibility index (Phi) is 3.63. The Hall–Kier alpha value is -2.29. The van der Waals surface area contributed by atoms with Crippen molar-refractivity contribution in [3.8, 4) is 5.75 Å². The largest absolute Gasteiger partial charge is 0.496 e. The molecule has 0 spiro atoms. The van der Waals surface area contributed by atoms with E-state index in [9.17, 15) is 5.21 Å². The zero-order chi connectivity index (χ0) is 13.0. The second-order valence-corrected chi connectivity index (χ2v) is 4.01. The van der Waals surface area contributed by atoms with Gasteiger partial charge in [-0.15, -0.1) is 0 Å². The van der Waals surface area contributed by atoms with E-state index in [1.54, 1.807) is 7.11 Å². The number of para-hydroxylation sites is 1. The van der Waals surface area contributed by atoms with E-state index in [-0.39, 0.29) is 0 Å². The maximum atomic E-state index is 9.25. The summed E-state index contributed by atoms with van der Waals surface area (Å²) in [5.74, 6) is 0.686. The molecule has 0 aromatic heterocycles. The summed E-state index contributed by atoms with van der Waals surface area (Å²) in [5.41, 5.74) is 3.29. The number of nitrogens with zero attached hydrogens (tertiary/aromatic N) is 1. The van der Waals surface area contributed by atoms with Gasteiger partial charge in [0.2, 0.25) is 0 Å². The quantitative estimate of drug-likeness (QED) is 0.509. The molecule has 2 aromatic rings. The van der Waals surface area contributed by atoms with E-state index in [0.29, 0.717) is 11.5 Å². The van der Waals surface area contributed by atoms with Crippen LogP contribution < -0.4 is 4.74 Å². The highest BCUT2D eigenvalue weighted by Crippen LogP contribution is 2.21. The molecule has 0 radical (unpaired) electrons. The number of ether oxygens (including phenoxy) is 1.